The first-order chi connectivity index (χ1) is 6.52. The average molecular weight is 215 g/mol. The molecule has 0 fully saturated rings. The van der Waals surface area contributed by atoms with Crippen molar-refractivity contribution in [1.29, 1.82) is 0 Å². The molecule has 0 aliphatic heterocycles. The second-order valence-corrected chi connectivity index (χ2v) is 3.15. The van der Waals surface area contributed by atoms with E-state index in [2.05, 4.69) is 0 Å². The summed E-state index contributed by atoms with van der Waals surface area (Å²) >= 11 is 5.53. The lowest BCUT2D eigenvalue weighted by atomic mass is 10.1. The SMILES string of the molecule is Cc1c(/C=C/C(=O)O)ccc(Cl)c1F. The molecule has 0 amide bonds. The number of aliphatic carboxylic acids is 1. The van der Waals surface area contributed by atoms with Gasteiger partial charge in [0.2, 0.25) is 0 Å². The molecule has 2 nitrogen and oxygen atoms in total. The molecule has 1 aromatic carbocycles. The fourth-order valence-corrected chi connectivity index (χ4v) is 1.21. The number of hydrogen-bond donors (Lipinski definition) is 1. The van der Waals surface area contributed by atoms with Crippen molar-refractivity contribution >= 4 is 23.6 Å². The quantitative estimate of drug-likeness (QED) is 0.769. The van der Waals surface area contributed by atoms with E-state index >= 15 is 0 Å². The molecular weight excluding hydrogens is 207 g/mol. The van der Waals surface area contributed by atoms with Crippen LogP contribution in [-0.4, -0.2) is 11.1 Å². The van der Waals surface area contributed by atoms with Crippen LogP contribution in [-0.2, 0) is 4.79 Å². The van der Waals surface area contributed by atoms with Crippen molar-refractivity contribution in [3.8, 4) is 0 Å². The van der Waals surface area contributed by atoms with E-state index in [0.717, 1.165) is 6.08 Å². The van der Waals surface area contributed by atoms with Gasteiger partial charge in [-0.2, -0.15) is 0 Å². The summed E-state index contributed by atoms with van der Waals surface area (Å²) in [6, 6.07) is 2.96. The molecular formula is C10H8ClFO2. The lowest BCUT2D eigenvalue weighted by Crippen LogP contribution is -1.90. The molecule has 0 spiro atoms. The Bertz CT molecular complexity index is 399. The Kier molecular flexibility index (Phi) is 3.25. The molecule has 14 heavy (non-hydrogen) atoms. The van der Waals surface area contributed by atoms with Gasteiger partial charge < -0.3 is 5.11 Å². The third-order valence-electron chi connectivity index (χ3n) is 1.79. The summed E-state index contributed by atoms with van der Waals surface area (Å²) in [6.45, 7) is 1.54. The van der Waals surface area contributed by atoms with Crippen molar-refractivity contribution in [2.45, 2.75) is 6.92 Å². The van der Waals surface area contributed by atoms with Crippen molar-refractivity contribution in [3.63, 3.8) is 0 Å². The van der Waals surface area contributed by atoms with Gasteiger partial charge >= 0.3 is 5.97 Å². The summed E-state index contributed by atoms with van der Waals surface area (Å²) in [5.41, 5.74) is 0.851. The van der Waals surface area contributed by atoms with E-state index in [1.54, 1.807) is 13.0 Å². The van der Waals surface area contributed by atoms with Crippen LogP contribution in [0.3, 0.4) is 0 Å². The topological polar surface area (TPSA) is 37.3 Å². The minimum absolute atomic E-state index is 0.0370. The van der Waals surface area contributed by atoms with Gasteiger partial charge in [-0.1, -0.05) is 17.7 Å². The van der Waals surface area contributed by atoms with Crippen molar-refractivity contribution in [2.24, 2.45) is 0 Å². The predicted molar refractivity (Wildman–Crippen MR) is 52.8 cm³/mol. The Hall–Kier alpha value is -1.35. The first-order valence-corrected chi connectivity index (χ1v) is 4.26. The van der Waals surface area contributed by atoms with Crippen LogP contribution in [0.5, 0.6) is 0 Å². The van der Waals surface area contributed by atoms with Crippen molar-refractivity contribution < 1.29 is 14.3 Å². The van der Waals surface area contributed by atoms with Crippen molar-refractivity contribution in [1.82, 2.24) is 0 Å². The average Bonchev–Trinajstić information content (AvgIpc) is 2.13. The van der Waals surface area contributed by atoms with Gasteiger partial charge in [-0.05, 0) is 30.2 Å². The third kappa shape index (κ3) is 2.33. The maximum Gasteiger partial charge on any atom is 0.328 e. The van der Waals surface area contributed by atoms with E-state index in [0.29, 0.717) is 11.1 Å². The molecule has 1 rings (SSSR count). The molecule has 0 heterocycles. The summed E-state index contributed by atoms with van der Waals surface area (Å²) in [5.74, 6) is -1.58. The number of carbonyl (C=O) groups is 1. The molecule has 0 bridgehead atoms. The number of benzene rings is 1. The molecule has 0 saturated carbocycles. The highest BCUT2D eigenvalue weighted by Crippen LogP contribution is 2.21. The Morgan fingerprint density at radius 1 is 1.57 bits per heavy atom. The van der Waals surface area contributed by atoms with Gasteiger partial charge in [-0.25, -0.2) is 9.18 Å². The first-order valence-electron chi connectivity index (χ1n) is 3.88. The minimum Gasteiger partial charge on any atom is -0.478 e. The Labute approximate surface area is 85.6 Å². The van der Waals surface area contributed by atoms with Gasteiger partial charge in [-0.15, -0.1) is 0 Å². The fourth-order valence-electron chi connectivity index (χ4n) is 1.01. The molecule has 1 N–H and O–H groups in total. The zero-order valence-electron chi connectivity index (χ0n) is 7.42. The molecule has 0 aromatic heterocycles. The monoisotopic (exact) mass is 214 g/mol. The first kappa shape index (κ1) is 10.7. The van der Waals surface area contributed by atoms with Gasteiger partial charge in [0, 0.05) is 6.08 Å². The van der Waals surface area contributed by atoms with E-state index in [9.17, 15) is 9.18 Å². The van der Waals surface area contributed by atoms with Crippen LogP contribution in [0.4, 0.5) is 4.39 Å². The van der Waals surface area contributed by atoms with Crippen molar-refractivity contribution in [2.75, 3.05) is 0 Å². The zero-order chi connectivity index (χ0) is 10.7. The Morgan fingerprint density at radius 3 is 2.79 bits per heavy atom. The lowest BCUT2D eigenvalue weighted by Gasteiger charge is -2.02. The predicted octanol–water partition coefficient (Wildman–Crippen LogP) is 2.89. The molecule has 0 saturated heterocycles. The van der Waals surface area contributed by atoms with E-state index in [4.69, 9.17) is 16.7 Å². The van der Waals surface area contributed by atoms with E-state index < -0.39 is 11.8 Å². The molecule has 74 valence electrons. The number of carboxylic acid groups (broad SMARTS) is 1. The fraction of sp³-hybridized carbons (Fsp3) is 0.100. The van der Waals surface area contributed by atoms with Crippen LogP contribution in [0, 0.1) is 12.7 Å². The van der Waals surface area contributed by atoms with E-state index in [-0.39, 0.29) is 5.02 Å². The van der Waals surface area contributed by atoms with Crippen LogP contribution >= 0.6 is 11.6 Å². The highest BCUT2D eigenvalue weighted by molar-refractivity contribution is 6.30. The second kappa shape index (κ2) is 4.24. The van der Waals surface area contributed by atoms with Crippen LogP contribution in [0.1, 0.15) is 11.1 Å². The summed E-state index contributed by atoms with van der Waals surface area (Å²) in [4.78, 5) is 10.2. The van der Waals surface area contributed by atoms with Gasteiger partial charge in [0.25, 0.3) is 0 Å². The maximum absolute atomic E-state index is 13.2. The molecule has 4 heteroatoms. The number of hydrogen-bond acceptors (Lipinski definition) is 1. The molecule has 0 aliphatic rings. The number of carboxylic acids is 1. The zero-order valence-corrected chi connectivity index (χ0v) is 8.18. The highest BCUT2D eigenvalue weighted by atomic mass is 35.5. The molecule has 0 radical (unpaired) electrons. The Morgan fingerprint density at radius 2 is 2.21 bits per heavy atom. The van der Waals surface area contributed by atoms with Gasteiger partial charge in [-0.3, -0.25) is 0 Å². The molecule has 0 aliphatic carbocycles. The largest absolute Gasteiger partial charge is 0.478 e. The van der Waals surface area contributed by atoms with Gasteiger partial charge in [0.05, 0.1) is 5.02 Å². The second-order valence-electron chi connectivity index (χ2n) is 2.75. The summed E-state index contributed by atoms with van der Waals surface area (Å²) in [7, 11) is 0. The molecule has 0 unspecified atom stereocenters. The minimum atomic E-state index is -1.07. The standard InChI is InChI=1S/C10H8ClFO2/c1-6-7(3-5-9(13)14)2-4-8(11)10(6)12/h2-5H,1H3,(H,13,14)/b5-3+. The van der Waals surface area contributed by atoms with Crippen LogP contribution < -0.4 is 0 Å². The molecule has 0 atom stereocenters. The van der Waals surface area contributed by atoms with E-state index in [1.165, 1.54) is 12.1 Å². The molecule has 1 aromatic rings. The maximum atomic E-state index is 13.2. The summed E-state index contributed by atoms with van der Waals surface area (Å²) < 4.78 is 13.2. The number of halogens is 2. The van der Waals surface area contributed by atoms with E-state index in [1.807, 2.05) is 0 Å². The Balaban J connectivity index is 3.12. The van der Waals surface area contributed by atoms with Crippen LogP contribution in [0.2, 0.25) is 5.02 Å². The van der Waals surface area contributed by atoms with Crippen LogP contribution in [0.25, 0.3) is 6.08 Å². The van der Waals surface area contributed by atoms with Crippen molar-refractivity contribution in [3.05, 3.63) is 40.2 Å². The van der Waals surface area contributed by atoms with Crippen LogP contribution in [0.15, 0.2) is 18.2 Å². The van der Waals surface area contributed by atoms with Gasteiger partial charge in [0.1, 0.15) is 5.82 Å². The van der Waals surface area contributed by atoms with Gasteiger partial charge in [0.15, 0.2) is 0 Å². The smallest absolute Gasteiger partial charge is 0.328 e. The normalized spacial score (nSPS) is 10.8. The lowest BCUT2D eigenvalue weighted by molar-refractivity contribution is -0.131. The third-order valence-corrected chi connectivity index (χ3v) is 2.08. The highest BCUT2D eigenvalue weighted by Gasteiger charge is 2.05. The number of rotatable bonds is 2. The summed E-state index contributed by atoms with van der Waals surface area (Å²) in [6.07, 6.45) is 2.28. The summed E-state index contributed by atoms with van der Waals surface area (Å²) in [5, 5.41) is 8.42.